The molecule has 27 heavy (non-hydrogen) atoms. The summed E-state index contributed by atoms with van der Waals surface area (Å²) in [6.07, 6.45) is 2.43. The predicted octanol–water partition coefficient (Wildman–Crippen LogP) is 2.10. The van der Waals surface area contributed by atoms with E-state index in [0.717, 1.165) is 49.5 Å². The predicted molar refractivity (Wildman–Crippen MR) is 100 cm³/mol. The van der Waals surface area contributed by atoms with E-state index in [1.807, 2.05) is 30.9 Å². The third-order valence-corrected chi connectivity index (χ3v) is 6.42. The Balaban J connectivity index is 1.39. The van der Waals surface area contributed by atoms with Crippen molar-refractivity contribution in [1.82, 2.24) is 9.88 Å². The molecule has 1 amide bonds. The van der Waals surface area contributed by atoms with Crippen LogP contribution in [0.2, 0.25) is 0 Å². The molecule has 0 aromatic carbocycles. The molecule has 1 N–H and O–H groups in total. The molecule has 0 unspecified atom stereocenters. The van der Waals surface area contributed by atoms with Gasteiger partial charge >= 0.3 is 0 Å². The largest absolute Gasteiger partial charge is 0.486 e. The Morgan fingerprint density at radius 1 is 1.19 bits per heavy atom. The number of aromatic nitrogens is 1. The van der Waals surface area contributed by atoms with Crippen LogP contribution in [0, 0.1) is 31.6 Å². The van der Waals surface area contributed by atoms with Crippen LogP contribution < -0.4 is 4.74 Å². The molecule has 0 bridgehead atoms. The van der Waals surface area contributed by atoms with Gasteiger partial charge in [-0.05, 0) is 63.5 Å². The van der Waals surface area contributed by atoms with Crippen LogP contribution in [0.3, 0.4) is 0 Å². The van der Waals surface area contributed by atoms with Gasteiger partial charge in [-0.3, -0.25) is 9.78 Å². The Hall–Kier alpha value is -1.66. The van der Waals surface area contributed by atoms with Crippen molar-refractivity contribution in [3.63, 3.8) is 0 Å². The van der Waals surface area contributed by atoms with E-state index >= 15 is 0 Å². The maximum atomic E-state index is 12.8. The third-order valence-electron chi connectivity index (χ3n) is 6.42. The van der Waals surface area contributed by atoms with Crippen LogP contribution in [0.15, 0.2) is 12.1 Å². The fraction of sp³-hybridized carbons (Fsp3) is 0.714. The standard InChI is InChI=1S/C21H30N2O4/c1-13-3-4-19(14(2)22-13)27-20-10-17-12-23(11-16(17)9-18(20)24)21(25)15-5-7-26-8-6-15/h3-4,15-18,20,24H,5-12H2,1-2H3/t16-,17+,18+,20+/m0/s1. The van der Waals surface area contributed by atoms with Crippen molar-refractivity contribution in [3.8, 4) is 5.75 Å². The smallest absolute Gasteiger partial charge is 0.225 e. The monoisotopic (exact) mass is 374 g/mol. The molecule has 1 aliphatic carbocycles. The number of ether oxygens (including phenoxy) is 2. The first kappa shape index (κ1) is 18.7. The lowest BCUT2D eigenvalue weighted by molar-refractivity contribution is -0.137. The number of fused-ring (bicyclic) bond motifs is 1. The second-order valence-electron chi connectivity index (χ2n) is 8.38. The summed E-state index contributed by atoms with van der Waals surface area (Å²) in [4.78, 5) is 19.3. The van der Waals surface area contributed by atoms with Gasteiger partial charge in [-0.1, -0.05) is 0 Å². The van der Waals surface area contributed by atoms with Gasteiger partial charge in [0.05, 0.1) is 11.8 Å². The fourth-order valence-electron chi connectivity index (χ4n) is 4.86. The van der Waals surface area contributed by atoms with Gasteiger partial charge < -0.3 is 19.5 Å². The van der Waals surface area contributed by atoms with Crippen LogP contribution in [0.1, 0.15) is 37.1 Å². The van der Waals surface area contributed by atoms with E-state index in [9.17, 15) is 9.90 Å². The molecule has 3 heterocycles. The number of nitrogens with zero attached hydrogens (tertiary/aromatic N) is 2. The first-order valence-electron chi connectivity index (χ1n) is 10.2. The van der Waals surface area contributed by atoms with E-state index in [0.29, 0.717) is 31.5 Å². The number of aryl methyl sites for hydroxylation is 2. The molecular formula is C21H30N2O4. The molecule has 0 spiro atoms. The van der Waals surface area contributed by atoms with Crippen molar-refractivity contribution >= 4 is 5.91 Å². The first-order chi connectivity index (χ1) is 13.0. The van der Waals surface area contributed by atoms with Crippen LogP contribution in [0.4, 0.5) is 0 Å². The zero-order valence-electron chi connectivity index (χ0n) is 16.3. The number of hydrogen-bond donors (Lipinski definition) is 1. The van der Waals surface area contributed by atoms with E-state index < -0.39 is 6.10 Å². The van der Waals surface area contributed by atoms with Crippen LogP contribution in [0.5, 0.6) is 5.75 Å². The Morgan fingerprint density at radius 3 is 2.59 bits per heavy atom. The van der Waals surface area contributed by atoms with Crippen LogP contribution in [-0.2, 0) is 9.53 Å². The number of carbonyl (C=O) groups excluding carboxylic acids is 1. The summed E-state index contributed by atoms with van der Waals surface area (Å²) < 4.78 is 11.5. The summed E-state index contributed by atoms with van der Waals surface area (Å²) in [5.41, 5.74) is 1.81. The summed E-state index contributed by atoms with van der Waals surface area (Å²) in [6, 6.07) is 3.87. The zero-order valence-corrected chi connectivity index (χ0v) is 16.3. The molecular weight excluding hydrogens is 344 g/mol. The van der Waals surface area contributed by atoms with Crippen molar-refractivity contribution in [2.24, 2.45) is 17.8 Å². The minimum absolute atomic E-state index is 0.108. The summed E-state index contributed by atoms with van der Waals surface area (Å²) >= 11 is 0. The average molecular weight is 374 g/mol. The van der Waals surface area contributed by atoms with Gasteiger partial charge in [0, 0.05) is 37.9 Å². The molecule has 1 saturated carbocycles. The molecule has 3 fully saturated rings. The molecule has 3 aliphatic rings. The molecule has 148 valence electrons. The maximum absolute atomic E-state index is 12.8. The molecule has 4 atom stereocenters. The van der Waals surface area contributed by atoms with E-state index in [2.05, 4.69) is 4.98 Å². The van der Waals surface area contributed by atoms with Crippen molar-refractivity contribution in [2.45, 2.75) is 51.7 Å². The summed E-state index contributed by atoms with van der Waals surface area (Å²) in [6.45, 7) is 6.84. The number of amides is 1. The van der Waals surface area contributed by atoms with Crippen LogP contribution >= 0.6 is 0 Å². The molecule has 6 heteroatoms. The van der Waals surface area contributed by atoms with Gasteiger partial charge in [-0.25, -0.2) is 0 Å². The van der Waals surface area contributed by atoms with Crippen molar-refractivity contribution in [2.75, 3.05) is 26.3 Å². The highest BCUT2D eigenvalue weighted by molar-refractivity contribution is 5.79. The summed E-state index contributed by atoms with van der Waals surface area (Å²) in [7, 11) is 0. The Morgan fingerprint density at radius 2 is 1.89 bits per heavy atom. The summed E-state index contributed by atoms with van der Waals surface area (Å²) in [5.74, 6) is 1.91. The van der Waals surface area contributed by atoms with E-state index in [1.165, 1.54) is 0 Å². The third kappa shape index (κ3) is 3.97. The molecule has 2 saturated heterocycles. The van der Waals surface area contributed by atoms with Gasteiger partial charge in [-0.2, -0.15) is 0 Å². The lowest BCUT2D eigenvalue weighted by Crippen LogP contribution is -2.42. The number of aliphatic hydroxyl groups is 1. The number of rotatable bonds is 3. The SMILES string of the molecule is Cc1ccc(O[C@@H]2C[C@@H]3CN(C(=O)C4CCOCC4)C[C@@H]3C[C@H]2O)c(C)n1. The molecule has 6 nitrogen and oxygen atoms in total. The molecule has 2 aliphatic heterocycles. The van der Waals surface area contributed by atoms with Gasteiger partial charge in [0.25, 0.3) is 0 Å². The van der Waals surface area contributed by atoms with Crippen LogP contribution in [-0.4, -0.2) is 59.4 Å². The number of likely N-dealkylation sites (tertiary alicyclic amines) is 1. The fourth-order valence-corrected chi connectivity index (χ4v) is 4.86. The van der Waals surface area contributed by atoms with Crippen molar-refractivity contribution < 1.29 is 19.4 Å². The van der Waals surface area contributed by atoms with Crippen molar-refractivity contribution in [3.05, 3.63) is 23.5 Å². The molecule has 4 rings (SSSR count). The highest BCUT2D eigenvalue weighted by Crippen LogP contribution is 2.39. The van der Waals surface area contributed by atoms with E-state index in [4.69, 9.17) is 9.47 Å². The second kappa shape index (κ2) is 7.76. The zero-order chi connectivity index (χ0) is 19.0. The Bertz CT molecular complexity index is 689. The van der Waals surface area contributed by atoms with E-state index in [-0.39, 0.29) is 17.9 Å². The quantitative estimate of drug-likeness (QED) is 0.877. The maximum Gasteiger partial charge on any atom is 0.225 e. The Kier molecular flexibility index (Phi) is 5.37. The van der Waals surface area contributed by atoms with Gasteiger partial charge in [-0.15, -0.1) is 0 Å². The van der Waals surface area contributed by atoms with E-state index in [1.54, 1.807) is 0 Å². The summed E-state index contributed by atoms with van der Waals surface area (Å²) in [5, 5.41) is 10.6. The van der Waals surface area contributed by atoms with Gasteiger partial charge in [0.15, 0.2) is 0 Å². The number of hydrogen-bond acceptors (Lipinski definition) is 5. The van der Waals surface area contributed by atoms with Gasteiger partial charge in [0.1, 0.15) is 11.9 Å². The normalized spacial score (nSPS) is 31.6. The van der Waals surface area contributed by atoms with Gasteiger partial charge in [0.2, 0.25) is 5.91 Å². The number of carbonyl (C=O) groups is 1. The lowest BCUT2D eigenvalue weighted by Gasteiger charge is -2.35. The number of aliphatic hydroxyl groups excluding tert-OH is 1. The minimum Gasteiger partial charge on any atom is -0.486 e. The Labute approximate surface area is 160 Å². The molecule has 1 aromatic rings. The molecule has 1 aromatic heterocycles. The molecule has 0 radical (unpaired) electrons. The minimum atomic E-state index is -0.495. The second-order valence-corrected chi connectivity index (χ2v) is 8.38. The first-order valence-corrected chi connectivity index (χ1v) is 10.2. The number of pyridine rings is 1. The van der Waals surface area contributed by atoms with Crippen molar-refractivity contribution in [1.29, 1.82) is 0 Å². The average Bonchev–Trinajstić information content (AvgIpc) is 3.07. The lowest BCUT2D eigenvalue weighted by atomic mass is 9.78. The highest BCUT2D eigenvalue weighted by atomic mass is 16.5. The highest BCUT2D eigenvalue weighted by Gasteiger charge is 2.44. The topological polar surface area (TPSA) is 71.9 Å². The van der Waals surface area contributed by atoms with Crippen LogP contribution in [0.25, 0.3) is 0 Å².